The monoisotopic (exact) mass is 235 g/mol. The van der Waals surface area contributed by atoms with Gasteiger partial charge in [-0.25, -0.2) is 9.38 Å². The number of rotatable bonds is 2. The second kappa shape index (κ2) is 4.53. The van der Waals surface area contributed by atoms with Crippen LogP contribution >= 0.6 is 0 Å². The highest BCUT2D eigenvalue weighted by atomic mass is 19.1. The lowest BCUT2D eigenvalue weighted by Gasteiger charge is -2.07. The fraction of sp³-hybridized carbons (Fsp3) is 0.333. The molecule has 1 atom stereocenters. The minimum absolute atomic E-state index is 0.195. The molecule has 90 valence electrons. The predicted octanol–water partition coefficient (Wildman–Crippen LogP) is 1.35. The Hall–Kier alpha value is -1.91. The number of hydrogen-bond donors (Lipinski definition) is 2. The van der Waals surface area contributed by atoms with Crippen LogP contribution in [0.3, 0.4) is 0 Å². The zero-order chi connectivity index (χ0) is 12.4. The van der Waals surface area contributed by atoms with Crippen molar-refractivity contribution in [3.63, 3.8) is 0 Å². The summed E-state index contributed by atoms with van der Waals surface area (Å²) < 4.78 is 12.8. The largest absolute Gasteiger partial charge is 0.354 e. The molecular formula is C12H14FN3O. The van der Waals surface area contributed by atoms with Crippen LogP contribution in [-0.2, 0) is 4.79 Å². The predicted molar refractivity (Wildman–Crippen MR) is 63.0 cm³/mol. The van der Waals surface area contributed by atoms with Crippen LogP contribution in [0.5, 0.6) is 0 Å². The molecule has 0 aliphatic carbocycles. The highest BCUT2D eigenvalue weighted by molar-refractivity contribution is 6.05. The molecule has 0 bridgehead atoms. The molecule has 17 heavy (non-hydrogen) atoms. The van der Waals surface area contributed by atoms with Crippen molar-refractivity contribution in [3.05, 3.63) is 35.6 Å². The summed E-state index contributed by atoms with van der Waals surface area (Å²) in [6.45, 7) is 3.92. The third kappa shape index (κ3) is 2.61. The summed E-state index contributed by atoms with van der Waals surface area (Å²) >= 11 is 0. The maximum absolute atomic E-state index is 12.8. The molecule has 1 heterocycles. The lowest BCUT2D eigenvalue weighted by Crippen LogP contribution is -2.40. The Bertz CT molecular complexity index is 453. The number of amides is 1. The summed E-state index contributed by atoms with van der Waals surface area (Å²) in [4.78, 5) is 15.9. The second-order valence-electron chi connectivity index (χ2n) is 4.22. The summed E-state index contributed by atoms with van der Waals surface area (Å²) in [6, 6.07) is 5.40. The van der Waals surface area contributed by atoms with Crippen LogP contribution in [0.25, 0.3) is 0 Å². The van der Waals surface area contributed by atoms with E-state index in [0.29, 0.717) is 11.5 Å². The lowest BCUT2D eigenvalue weighted by atomic mass is 10.1. The third-order valence-corrected chi connectivity index (χ3v) is 2.36. The average Bonchev–Trinajstić information content (AvgIpc) is 2.59. The molecule has 4 nitrogen and oxygen atoms in total. The fourth-order valence-electron chi connectivity index (χ4n) is 1.62. The van der Waals surface area contributed by atoms with Gasteiger partial charge in [-0.1, -0.05) is 12.1 Å². The standard InChI is InChI=1S/C12H14FN3O/c1-7(2)14-12-15-10(11(17)16-12)8-3-5-9(13)6-4-8/h3-7,10H,1-2H3,(H2,14,15,16,17). The Kier molecular flexibility index (Phi) is 3.08. The van der Waals surface area contributed by atoms with Crippen molar-refractivity contribution in [2.24, 2.45) is 4.99 Å². The first kappa shape index (κ1) is 11.6. The van der Waals surface area contributed by atoms with Gasteiger partial charge in [-0.15, -0.1) is 0 Å². The van der Waals surface area contributed by atoms with Crippen molar-refractivity contribution in [2.45, 2.75) is 25.9 Å². The number of carbonyl (C=O) groups is 1. The van der Waals surface area contributed by atoms with Crippen LogP contribution in [0.1, 0.15) is 25.5 Å². The molecule has 1 amide bonds. The molecule has 2 rings (SSSR count). The molecule has 0 aromatic heterocycles. The zero-order valence-electron chi connectivity index (χ0n) is 9.70. The maximum Gasteiger partial charge on any atom is 0.256 e. The zero-order valence-corrected chi connectivity index (χ0v) is 9.70. The van der Waals surface area contributed by atoms with E-state index in [9.17, 15) is 9.18 Å². The summed E-state index contributed by atoms with van der Waals surface area (Å²) in [5.41, 5.74) is 0.685. The van der Waals surface area contributed by atoms with Crippen LogP contribution in [0.15, 0.2) is 29.3 Å². The van der Waals surface area contributed by atoms with E-state index < -0.39 is 6.04 Å². The minimum Gasteiger partial charge on any atom is -0.354 e. The molecule has 0 saturated heterocycles. The Balaban J connectivity index is 2.18. The first-order chi connectivity index (χ1) is 8.06. The Morgan fingerprint density at radius 3 is 2.59 bits per heavy atom. The highest BCUT2D eigenvalue weighted by Crippen LogP contribution is 2.21. The third-order valence-electron chi connectivity index (χ3n) is 2.36. The van der Waals surface area contributed by atoms with E-state index >= 15 is 0 Å². The van der Waals surface area contributed by atoms with E-state index in [4.69, 9.17) is 0 Å². The smallest absolute Gasteiger partial charge is 0.256 e. The summed E-state index contributed by atoms with van der Waals surface area (Å²) in [6.07, 6.45) is 0. The second-order valence-corrected chi connectivity index (χ2v) is 4.22. The molecule has 0 spiro atoms. The SMILES string of the molecule is CC(C)NC1=NC(c2ccc(F)cc2)C(=O)N1. The molecule has 5 heteroatoms. The van der Waals surface area contributed by atoms with Gasteiger partial charge in [-0.2, -0.15) is 0 Å². The van der Waals surface area contributed by atoms with Crippen molar-refractivity contribution in [2.75, 3.05) is 0 Å². The quantitative estimate of drug-likeness (QED) is 0.813. The highest BCUT2D eigenvalue weighted by Gasteiger charge is 2.27. The van der Waals surface area contributed by atoms with Crippen LogP contribution < -0.4 is 10.6 Å². The van der Waals surface area contributed by atoms with Crippen molar-refractivity contribution >= 4 is 11.9 Å². The number of carbonyl (C=O) groups excluding carboxylic acids is 1. The summed E-state index contributed by atoms with van der Waals surface area (Å²) in [7, 11) is 0. The van der Waals surface area contributed by atoms with Crippen molar-refractivity contribution in [1.29, 1.82) is 0 Å². The van der Waals surface area contributed by atoms with Gasteiger partial charge < -0.3 is 5.32 Å². The normalized spacial score (nSPS) is 19.2. The van der Waals surface area contributed by atoms with E-state index in [-0.39, 0.29) is 17.8 Å². The molecule has 0 saturated carbocycles. The number of nitrogens with one attached hydrogen (secondary N) is 2. The topological polar surface area (TPSA) is 53.5 Å². The Morgan fingerprint density at radius 1 is 1.35 bits per heavy atom. The number of hydrogen-bond acceptors (Lipinski definition) is 3. The number of halogens is 1. The maximum atomic E-state index is 12.8. The number of aliphatic imine (C=N–C) groups is 1. The Morgan fingerprint density at radius 2 is 2.00 bits per heavy atom. The lowest BCUT2D eigenvalue weighted by molar-refractivity contribution is -0.120. The van der Waals surface area contributed by atoms with Gasteiger partial charge in [0.25, 0.3) is 5.91 Å². The fourth-order valence-corrected chi connectivity index (χ4v) is 1.62. The Labute approximate surface area is 98.9 Å². The van der Waals surface area contributed by atoms with E-state index in [0.717, 1.165) is 0 Å². The number of guanidine groups is 1. The molecule has 1 aromatic rings. The van der Waals surface area contributed by atoms with Crippen molar-refractivity contribution in [1.82, 2.24) is 10.6 Å². The van der Waals surface area contributed by atoms with Crippen LogP contribution in [0.4, 0.5) is 4.39 Å². The molecule has 2 N–H and O–H groups in total. The van der Waals surface area contributed by atoms with Crippen LogP contribution in [0.2, 0.25) is 0 Å². The average molecular weight is 235 g/mol. The number of nitrogens with zero attached hydrogens (tertiary/aromatic N) is 1. The van der Waals surface area contributed by atoms with Crippen molar-refractivity contribution < 1.29 is 9.18 Å². The van der Waals surface area contributed by atoms with E-state index in [1.165, 1.54) is 12.1 Å². The van der Waals surface area contributed by atoms with Gasteiger partial charge in [0.05, 0.1) is 0 Å². The molecule has 1 aliphatic heterocycles. The molecule has 1 aliphatic rings. The summed E-state index contributed by atoms with van der Waals surface area (Å²) in [5, 5.41) is 5.68. The molecule has 0 radical (unpaired) electrons. The first-order valence-corrected chi connectivity index (χ1v) is 5.47. The van der Waals surface area contributed by atoms with Gasteiger partial charge in [0, 0.05) is 6.04 Å². The van der Waals surface area contributed by atoms with Gasteiger partial charge >= 0.3 is 0 Å². The van der Waals surface area contributed by atoms with Gasteiger partial charge in [0.1, 0.15) is 5.82 Å². The first-order valence-electron chi connectivity index (χ1n) is 5.47. The van der Waals surface area contributed by atoms with Gasteiger partial charge in [-0.3, -0.25) is 10.1 Å². The van der Waals surface area contributed by atoms with Gasteiger partial charge in [0.15, 0.2) is 12.0 Å². The van der Waals surface area contributed by atoms with E-state index in [1.54, 1.807) is 12.1 Å². The minimum atomic E-state index is -0.586. The molecular weight excluding hydrogens is 221 g/mol. The molecule has 1 unspecified atom stereocenters. The molecule has 0 fully saturated rings. The van der Waals surface area contributed by atoms with Crippen LogP contribution in [0, 0.1) is 5.82 Å². The van der Waals surface area contributed by atoms with E-state index in [1.807, 2.05) is 13.8 Å². The van der Waals surface area contributed by atoms with Crippen LogP contribution in [-0.4, -0.2) is 17.9 Å². The van der Waals surface area contributed by atoms with Gasteiger partial charge in [0.2, 0.25) is 0 Å². The summed E-state index contributed by atoms with van der Waals surface area (Å²) in [5.74, 6) is -0.0456. The van der Waals surface area contributed by atoms with Gasteiger partial charge in [-0.05, 0) is 31.5 Å². The van der Waals surface area contributed by atoms with E-state index in [2.05, 4.69) is 15.6 Å². The van der Waals surface area contributed by atoms with Crippen molar-refractivity contribution in [3.8, 4) is 0 Å². The molecule has 1 aromatic carbocycles. The number of benzene rings is 1.